The van der Waals surface area contributed by atoms with Crippen LogP contribution in [0.5, 0.6) is 5.75 Å². The molecule has 0 aliphatic rings. The zero-order valence-corrected chi connectivity index (χ0v) is 18.1. The lowest BCUT2D eigenvalue weighted by molar-refractivity contribution is -0.119. The maximum atomic E-state index is 12.4. The smallest absolute Gasteiger partial charge is 0.230 e. The first-order valence-corrected chi connectivity index (χ1v) is 10.4. The van der Waals surface area contributed by atoms with Crippen molar-refractivity contribution < 1.29 is 9.53 Å². The number of nitrogens with zero attached hydrogens (tertiary/aromatic N) is 4. The van der Waals surface area contributed by atoms with E-state index in [9.17, 15) is 4.79 Å². The first kappa shape index (κ1) is 20.3. The van der Waals surface area contributed by atoms with Crippen LogP contribution in [0.3, 0.4) is 0 Å². The van der Waals surface area contributed by atoms with E-state index >= 15 is 0 Å². The summed E-state index contributed by atoms with van der Waals surface area (Å²) in [7, 11) is 1.60. The van der Waals surface area contributed by atoms with Gasteiger partial charge in [0.25, 0.3) is 0 Å². The van der Waals surface area contributed by atoms with Crippen LogP contribution in [0.4, 0.5) is 0 Å². The van der Waals surface area contributed by atoms with E-state index in [1.165, 1.54) is 11.8 Å². The van der Waals surface area contributed by atoms with Gasteiger partial charge in [-0.1, -0.05) is 45.9 Å². The third kappa shape index (κ3) is 4.90. The van der Waals surface area contributed by atoms with Gasteiger partial charge in [0.2, 0.25) is 11.1 Å². The van der Waals surface area contributed by atoms with Gasteiger partial charge in [0.15, 0.2) is 0 Å². The third-order valence-electron chi connectivity index (χ3n) is 4.08. The van der Waals surface area contributed by atoms with E-state index in [2.05, 4.69) is 36.8 Å². The second-order valence-electron chi connectivity index (χ2n) is 6.18. The zero-order chi connectivity index (χ0) is 20.1. The number of carbonyl (C=O) groups is 1. The molecule has 1 N–H and O–H groups in total. The number of methoxy groups -OCH3 is 1. The number of nitrogens with one attached hydrogen (secondary N) is 1. The van der Waals surface area contributed by atoms with Crippen molar-refractivity contribution in [3.63, 3.8) is 0 Å². The first-order valence-electron chi connectivity index (χ1n) is 8.59. The Bertz CT molecular complexity index is 961. The number of ether oxygens (including phenoxy) is 1. The molecule has 0 saturated carbocycles. The Morgan fingerprint density at radius 3 is 2.75 bits per heavy atom. The standard InChI is InChI=1S/C19H20BrN5O2S/c1-12-4-9-17(27-3)16(10-12)25-19(22-23-24-25)28-11-18(26)21-13(2)14-5-7-15(20)8-6-14/h4-10,13H,11H2,1-3H3,(H,21,26). The van der Waals surface area contributed by atoms with Gasteiger partial charge in [-0.05, 0) is 59.7 Å². The Labute approximate surface area is 176 Å². The molecule has 0 fully saturated rings. The monoisotopic (exact) mass is 461 g/mol. The number of hydrogen-bond donors (Lipinski definition) is 1. The van der Waals surface area contributed by atoms with Gasteiger partial charge < -0.3 is 10.1 Å². The number of amides is 1. The molecule has 1 heterocycles. The predicted molar refractivity (Wildman–Crippen MR) is 112 cm³/mol. The number of aryl methyl sites for hydroxylation is 1. The average Bonchev–Trinajstić information content (AvgIpc) is 3.15. The number of benzene rings is 2. The lowest BCUT2D eigenvalue weighted by Gasteiger charge is -2.14. The molecule has 3 rings (SSSR count). The second kappa shape index (κ2) is 9.20. The molecule has 1 atom stereocenters. The summed E-state index contributed by atoms with van der Waals surface area (Å²) in [4.78, 5) is 12.4. The zero-order valence-electron chi connectivity index (χ0n) is 15.7. The fourth-order valence-corrected chi connectivity index (χ4v) is 3.59. The lowest BCUT2D eigenvalue weighted by Crippen LogP contribution is -2.28. The summed E-state index contributed by atoms with van der Waals surface area (Å²) in [5.74, 6) is 0.772. The van der Waals surface area contributed by atoms with Gasteiger partial charge in [0.1, 0.15) is 11.4 Å². The molecular weight excluding hydrogens is 442 g/mol. The van der Waals surface area contributed by atoms with Crippen LogP contribution in [0.1, 0.15) is 24.1 Å². The van der Waals surface area contributed by atoms with E-state index in [1.807, 2.05) is 56.3 Å². The van der Waals surface area contributed by atoms with E-state index in [0.717, 1.165) is 21.3 Å². The summed E-state index contributed by atoms with van der Waals surface area (Å²) >= 11 is 4.69. The summed E-state index contributed by atoms with van der Waals surface area (Å²) in [6, 6.07) is 13.5. The van der Waals surface area contributed by atoms with Crippen LogP contribution >= 0.6 is 27.7 Å². The van der Waals surface area contributed by atoms with Gasteiger partial charge in [-0.15, -0.1) is 5.10 Å². The molecule has 146 valence electrons. The molecule has 3 aromatic rings. The van der Waals surface area contributed by atoms with E-state index in [-0.39, 0.29) is 17.7 Å². The minimum absolute atomic E-state index is 0.0888. The molecule has 28 heavy (non-hydrogen) atoms. The van der Waals surface area contributed by atoms with Gasteiger partial charge in [-0.2, -0.15) is 4.68 Å². The van der Waals surface area contributed by atoms with Crippen LogP contribution in [0.15, 0.2) is 52.1 Å². The maximum absolute atomic E-state index is 12.4. The highest BCUT2D eigenvalue weighted by Crippen LogP contribution is 2.27. The summed E-state index contributed by atoms with van der Waals surface area (Å²) in [5.41, 5.74) is 2.83. The summed E-state index contributed by atoms with van der Waals surface area (Å²) < 4.78 is 8.00. The van der Waals surface area contributed by atoms with Gasteiger partial charge in [0, 0.05) is 4.47 Å². The van der Waals surface area contributed by atoms with Gasteiger partial charge in [-0.3, -0.25) is 4.79 Å². The van der Waals surface area contributed by atoms with Crippen LogP contribution in [-0.4, -0.2) is 39.0 Å². The fourth-order valence-electron chi connectivity index (χ4n) is 2.63. The van der Waals surface area contributed by atoms with Crippen LogP contribution < -0.4 is 10.1 Å². The number of halogens is 1. The number of aromatic nitrogens is 4. The molecule has 0 radical (unpaired) electrons. The van der Waals surface area contributed by atoms with Crippen molar-refractivity contribution in [2.45, 2.75) is 25.0 Å². The third-order valence-corrected chi connectivity index (χ3v) is 5.53. The number of hydrogen-bond acceptors (Lipinski definition) is 6. The summed E-state index contributed by atoms with van der Waals surface area (Å²) in [5, 5.41) is 15.4. The molecule has 1 unspecified atom stereocenters. The minimum atomic E-state index is -0.0915. The highest BCUT2D eigenvalue weighted by molar-refractivity contribution is 9.10. The Hall–Kier alpha value is -2.39. The molecule has 1 amide bonds. The van der Waals surface area contributed by atoms with Crippen molar-refractivity contribution in [2.75, 3.05) is 12.9 Å². The summed E-state index contributed by atoms with van der Waals surface area (Å²) in [6.45, 7) is 3.94. The van der Waals surface area contributed by atoms with E-state index in [0.29, 0.717) is 10.9 Å². The maximum Gasteiger partial charge on any atom is 0.230 e. The number of thioether (sulfide) groups is 1. The number of carbonyl (C=O) groups excluding carboxylic acids is 1. The quantitative estimate of drug-likeness (QED) is 0.540. The predicted octanol–water partition coefficient (Wildman–Crippen LogP) is 3.71. The largest absolute Gasteiger partial charge is 0.494 e. The highest BCUT2D eigenvalue weighted by Gasteiger charge is 2.16. The van der Waals surface area contributed by atoms with Gasteiger partial charge in [-0.25, -0.2) is 0 Å². The van der Waals surface area contributed by atoms with Crippen molar-refractivity contribution in [1.29, 1.82) is 0 Å². The molecule has 0 aliphatic heterocycles. The molecule has 0 aliphatic carbocycles. The number of rotatable bonds is 7. The molecule has 0 saturated heterocycles. The van der Waals surface area contributed by atoms with Gasteiger partial charge >= 0.3 is 0 Å². The number of tetrazole rings is 1. The van der Waals surface area contributed by atoms with Crippen molar-refractivity contribution in [3.8, 4) is 11.4 Å². The van der Waals surface area contributed by atoms with Crippen molar-refractivity contribution in [1.82, 2.24) is 25.5 Å². The van der Waals surface area contributed by atoms with Gasteiger partial charge in [0.05, 0.1) is 18.9 Å². The Morgan fingerprint density at radius 2 is 2.04 bits per heavy atom. The van der Waals surface area contributed by atoms with Crippen molar-refractivity contribution >= 4 is 33.6 Å². The first-order chi connectivity index (χ1) is 13.5. The molecule has 0 bridgehead atoms. The van der Waals surface area contributed by atoms with Crippen LogP contribution in [0.2, 0.25) is 0 Å². The lowest BCUT2D eigenvalue weighted by atomic mass is 10.1. The molecule has 9 heteroatoms. The van der Waals surface area contributed by atoms with E-state index < -0.39 is 0 Å². The van der Waals surface area contributed by atoms with Crippen LogP contribution in [0.25, 0.3) is 5.69 Å². The van der Waals surface area contributed by atoms with Crippen LogP contribution in [-0.2, 0) is 4.79 Å². The Kier molecular flexibility index (Phi) is 6.69. The van der Waals surface area contributed by atoms with E-state index in [1.54, 1.807) is 11.8 Å². The SMILES string of the molecule is COc1ccc(C)cc1-n1nnnc1SCC(=O)NC(C)c1ccc(Br)cc1. The molecule has 0 spiro atoms. The minimum Gasteiger partial charge on any atom is -0.494 e. The molecule has 1 aromatic heterocycles. The molecule has 7 nitrogen and oxygen atoms in total. The molecular formula is C19H20BrN5O2S. The van der Waals surface area contributed by atoms with Crippen LogP contribution in [0, 0.1) is 6.92 Å². The average molecular weight is 462 g/mol. The fraction of sp³-hybridized carbons (Fsp3) is 0.263. The summed E-state index contributed by atoms with van der Waals surface area (Å²) in [6.07, 6.45) is 0. The normalized spacial score (nSPS) is 11.9. The Balaban J connectivity index is 1.66. The molecule has 2 aromatic carbocycles. The second-order valence-corrected chi connectivity index (χ2v) is 8.04. The van der Waals surface area contributed by atoms with Crippen molar-refractivity contribution in [2.24, 2.45) is 0 Å². The van der Waals surface area contributed by atoms with E-state index in [4.69, 9.17) is 4.74 Å². The topological polar surface area (TPSA) is 81.9 Å². The highest BCUT2D eigenvalue weighted by atomic mass is 79.9. The Morgan fingerprint density at radius 1 is 1.29 bits per heavy atom. The van der Waals surface area contributed by atoms with Crippen molar-refractivity contribution in [3.05, 3.63) is 58.1 Å².